The average molecular weight is 415 g/mol. The normalized spacial score (nSPS) is 15.5. The first-order chi connectivity index (χ1) is 14.2. The predicted octanol–water partition coefficient (Wildman–Crippen LogP) is 3.01. The van der Waals surface area contributed by atoms with Gasteiger partial charge in [-0.3, -0.25) is 14.6 Å². The van der Waals surface area contributed by atoms with Crippen LogP contribution in [0.5, 0.6) is 5.75 Å². The first kappa shape index (κ1) is 21.3. The van der Waals surface area contributed by atoms with Crippen molar-refractivity contribution in [2.75, 3.05) is 39.3 Å². The second-order valence-electron chi connectivity index (χ2n) is 6.91. The number of benzene rings is 2. The fourth-order valence-corrected chi connectivity index (χ4v) is 3.45. The van der Waals surface area contributed by atoms with E-state index in [2.05, 4.69) is 26.4 Å². The topological polar surface area (TPSA) is 57.2 Å². The molecule has 1 aliphatic heterocycles. The van der Waals surface area contributed by atoms with E-state index < -0.39 is 0 Å². The number of halogens is 1. The molecule has 1 fully saturated rings. The third-order valence-corrected chi connectivity index (χ3v) is 5.16. The molecule has 2 aromatic rings. The number of ether oxygens (including phenoxy) is 1. The van der Waals surface area contributed by atoms with E-state index in [0.29, 0.717) is 13.2 Å². The van der Waals surface area contributed by atoms with Gasteiger partial charge in [-0.1, -0.05) is 41.9 Å². The maximum atomic E-state index is 12.2. The molecule has 1 amide bonds. The van der Waals surface area contributed by atoms with Crippen LogP contribution in [-0.4, -0.2) is 61.3 Å². The highest BCUT2D eigenvalue weighted by Gasteiger charge is 2.19. The van der Waals surface area contributed by atoms with E-state index in [9.17, 15) is 4.79 Å². The summed E-state index contributed by atoms with van der Waals surface area (Å²) in [7, 11) is 0. The quantitative estimate of drug-likeness (QED) is 0.533. The second kappa shape index (κ2) is 11.0. The third-order valence-electron chi connectivity index (χ3n) is 4.80. The highest BCUT2D eigenvalue weighted by atomic mass is 35.5. The van der Waals surface area contributed by atoms with E-state index >= 15 is 0 Å². The summed E-state index contributed by atoms with van der Waals surface area (Å²) >= 11 is 6.25. The van der Waals surface area contributed by atoms with Gasteiger partial charge in [-0.25, -0.2) is 5.43 Å². The second-order valence-corrected chi connectivity index (χ2v) is 7.31. The van der Waals surface area contributed by atoms with Crippen molar-refractivity contribution in [2.45, 2.75) is 13.5 Å². The number of para-hydroxylation sites is 1. The van der Waals surface area contributed by atoms with Crippen molar-refractivity contribution < 1.29 is 9.53 Å². The highest BCUT2D eigenvalue weighted by Crippen LogP contribution is 2.18. The maximum absolute atomic E-state index is 12.2. The summed E-state index contributed by atoms with van der Waals surface area (Å²) in [6.45, 7) is 7.19. The molecule has 0 saturated carbocycles. The molecule has 1 N–H and O–H groups in total. The van der Waals surface area contributed by atoms with Gasteiger partial charge >= 0.3 is 0 Å². The van der Waals surface area contributed by atoms with E-state index in [-0.39, 0.29) is 5.91 Å². The lowest BCUT2D eigenvalue weighted by Crippen LogP contribution is -2.48. The number of nitrogens with zero attached hydrogens (tertiary/aromatic N) is 3. The predicted molar refractivity (Wildman–Crippen MR) is 117 cm³/mol. The van der Waals surface area contributed by atoms with Crippen molar-refractivity contribution >= 4 is 23.7 Å². The van der Waals surface area contributed by atoms with Crippen LogP contribution in [0, 0.1) is 0 Å². The molecule has 29 heavy (non-hydrogen) atoms. The van der Waals surface area contributed by atoms with Crippen LogP contribution in [-0.2, 0) is 11.3 Å². The molecule has 0 radical (unpaired) electrons. The van der Waals surface area contributed by atoms with Gasteiger partial charge in [0.15, 0.2) is 0 Å². The summed E-state index contributed by atoms with van der Waals surface area (Å²) in [6.07, 6.45) is 1.62. The van der Waals surface area contributed by atoms with Crippen LogP contribution in [0.3, 0.4) is 0 Å². The molecule has 0 atom stereocenters. The molecule has 154 valence electrons. The van der Waals surface area contributed by atoms with E-state index in [4.69, 9.17) is 16.3 Å². The first-order valence-electron chi connectivity index (χ1n) is 9.87. The molecule has 3 rings (SSSR count). The molecule has 0 bridgehead atoms. The lowest BCUT2D eigenvalue weighted by Gasteiger charge is -2.34. The Morgan fingerprint density at radius 1 is 1.10 bits per heavy atom. The van der Waals surface area contributed by atoms with Crippen LogP contribution < -0.4 is 10.2 Å². The number of rotatable bonds is 8. The number of carbonyl (C=O) groups is 1. The van der Waals surface area contributed by atoms with E-state index in [1.807, 2.05) is 49.4 Å². The average Bonchev–Trinajstić information content (AvgIpc) is 2.73. The van der Waals surface area contributed by atoms with Gasteiger partial charge in [0, 0.05) is 43.3 Å². The number of nitrogens with one attached hydrogen (secondary N) is 1. The highest BCUT2D eigenvalue weighted by molar-refractivity contribution is 6.31. The van der Waals surface area contributed by atoms with Crippen molar-refractivity contribution in [3.8, 4) is 5.75 Å². The van der Waals surface area contributed by atoms with Crippen LogP contribution in [0.4, 0.5) is 0 Å². The zero-order chi connectivity index (χ0) is 20.5. The molecule has 7 heteroatoms. The minimum Gasteiger partial charge on any atom is -0.493 e. The summed E-state index contributed by atoms with van der Waals surface area (Å²) in [5.74, 6) is 0.636. The number of amides is 1. The molecule has 0 aliphatic carbocycles. The monoisotopic (exact) mass is 414 g/mol. The van der Waals surface area contributed by atoms with Gasteiger partial charge in [0.05, 0.1) is 19.4 Å². The summed E-state index contributed by atoms with van der Waals surface area (Å²) in [5.41, 5.74) is 4.59. The molecule has 2 aromatic carbocycles. The minimum absolute atomic E-state index is 0.116. The third kappa shape index (κ3) is 6.56. The maximum Gasteiger partial charge on any atom is 0.254 e. The van der Waals surface area contributed by atoms with Crippen molar-refractivity contribution in [1.29, 1.82) is 0 Å². The summed E-state index contributed by atoms with van der Waals surface area (Å²) < 4.78 is 5.55. The Kier molecular flexibility index (Phi) is 8.04. The van der Waals surface area contributed by atoms with Gasteiger partial charge in [0.1, 0.15) is 5.75 Å². The van der Waals surface area contributed by atoms with Crippen LogP contribution in [0.15, 0.2) is 53.6 Å². The Morgan fingerprint density at radius 2 is 1.79 bits per heavy atom. The summed E-state index contributed by atoms with van der Waals surface area (Å²) in [4.78, 5) is 16.7. The molecule has 1 heterocycles. The van der Waals surface area contributed by atoms with Gasteiger partial charge in [-0.05, 0) is 30.7 Å². The fourth-order valence-electron chi connectivity index (χ4n) is 3.26. The molecular weight excluding hydrogens is 388 g/mol. The van der Waals surface area contributed by atoms with Gasteiger partial charge < -0.3 is 4.74 Å². The lowest BCUT2D eigenvalue weighted by molar-refractivity contribution is -0.122. The Bertz CT molecular complexity index is 835. The number of hydrogen-bond acceptors (Lipinski definition) is 5. The smallest absolute Gasteiger partial charge is 0.254 e. The van der Waals surface area contributed by atoms with E-state index in [0.717, 1.165) is 54.6 Å². The summed E-state index contributed by atoms with van der Waals surface area (Å²) in [5, 5.41) is 4.88. The zero-order valence-electron chi connectivity index (χ0n) is 16.7. The van der Waals surface area contributed by atoms with Crippen molar-refractivity contribution in [3.05, 3.63) is 64.7 Å². The van der Waals surface area contributed by atoms with Crippen LogP contribution in [0.25, 0.3) is 0 Å². The SMILES string of the molecule is CCOc1ccccc1/C=N\NC(=O)CN1CCN(Cc2ccccc2Cl)CC1. The summed E-state index contributed by atoms with van der Waals surface area (Å²) in [6, 6.07) is 15.5. The Labute approximate surface area is 177 Å². The van der Waals surface area contributed by atoms with Crippen LogP contribution >= 0.6 is 11.6 Å². The molecule has 0 spiro atoms. The fraction of sp³-hybridized carbons (Fsp3) is 0.364. The van der Waals surface area contributed by atoms with Crippen LogP contribution in [0.2, 0.25) is 5.02 Å². The minimum atomic E-state index is -0.116. The molecule has 1 aliphatic rings. The lowest BCUT2D eigenvalue weighted by atomic mass is 10.2. The number of hydrogen-bond donors (Lipinski definition) is 1. The van der Waals surface area contributed by atoms with E-state index in [1.54, 1.807) is 6.21 Å². The molecule has 1 saturated heterocycles. The van der Waals surface area contributed by atoms with Crippen LogP contribution in [0.1, 0.15) is 18.1 Å². The Hall–Kier alpha value is -2.41. The largest absolute Gasteiger partial charge is 0.493 e. The van der Waals surface area contributed by atoms with Crippen molar-refractivity contribution in [3.63, 3.8) is 0 Å². The first-order valence-corrected chi connectivity index (χ1v) is 10.3. The molecular formula is C22H27ClN4O2. The van der Waals surface area contributed by atoms with Gasteiger partial charge in [0.2, 0.25) is 0 Å². The number of hydrazone groups is 1. The molecule has 6 nitrogen and oxygen atoms in total. The standard InChI is InChI=1S/C22H27ClN4O2/c1-2-29-21-10-6-4-7-18(21)15-24-25-22(28)17-27-13-11-26(12-14-27)16-19-8-3-5-9-20(19)23/h3-10,15H,2,11-14,16-17H2,1H3,(H,25,28)/b24-15-. The molecule has 0 unspecified atom stereocenters. The number of piperazine rings is 1. The van der Waals surface area contributed by atoms with Crippen molar-refractivity contribution in [2.24, 2.45) is 5.10 Å². The van der Waals surface area contributed by atoms with Gasteiger partial charge in [-0.2, -0.15) is 5.10 Å². The Balaban J connectivity index is 1.41. The zero-order valence-corrected chi connectivity index (χ0v) is 17.4. The molecule has 0 aromatic heterocycles. The Morgan fingerprint density at radius 3 is 2.55 bits per heavy atom. The van der Waals surface area contributed by atoms with Gasteiger partial charge in [0.25, 0.3) is 5.91 Å². The van der Waals surface area contributed by atoms with Crippen molar-refractivity contribution in [1.82, 2.24) is 15.2 Å². The van der Waals surface area contributed by atoms with E-state index in [1.165, 1.54) is 0 Å². The number of carbonyl (C=O) groups excluding carboxylic acids is 1. The van der Waals surface area contributed by atoms with Gasteiger partial charge in [-0.15, -0.1) is 0 Å².